The van der Waals surface area contributed by atoms with Crippen molar-refractivity contribution < 1.29 is 5.11 Å². The van der Waals surface area contributed by atoms with Gasteiger partial charge < -0.3 is 9.67 Å². The van der Waals surface area contributed by atoms with Crippen LogP contribution in [0.5, 0.6) is 0 Å². The average molecular weight is 127 g/mol. The molecule has 0 fully saturated rings. The van der Waals surface area contributed by atoms with Gasteiger partial charge in [-0.15, -0.1) is 10.2 Å². The van der Waals surface area contributed by atoms with Gasteiger partial charge >= 0.3 is 0 Å². The highest BCUT2D eigenvalue weighted by molar-refractivity contribution is 4.79. The molecule has 0 aliphatic rings. The third-order valence-corrected chi connectivity index (χ3v) is 1.15. The van der Waals surface area contributed by atoms with Crippen molar-refractivity contribution in [3.63, 3.8) is 0 Å². The fraction of sp³-hybridized carbons (Fsp3) is 0.600. The van der Waals surface area contributed by atoms with E-state index in [0.717, 1.165) is 5.82 Å². The Hall–Kier alpha value is -0.900. The van der Waals surface area contributed by atoms with E-state index in [0.29, 0.717) is 6.54 Å². The Balaban J connectivity index is 2.69. The highest BCUT2D eigenvalue weighted by atomic mass is 16.3. The Labute approximate surface area is 53.1 Å². The summed E-state index contributed by atoms with van der Waals surface area (Å²) in [4.78, 5) is 0. The van der Waals surface area contributed by atoms with Crippen molar-refractivity contribution in [2.24, 2.45) is 0 Å². The molecule has 0 radical (unpaired) electrons. The van der Waals surface area contributed by atoms with Crippen molar-refractivity contribution in [3.8, 4) is 0 Å². The minimum Gasteiger partial charge on any atom is -0.395 e. The molecule has 0 saturated heterocycles. The monoisotopic (exact) mass is 127 g/mol. The molecule has 1 aromatic heterocycles. The number of aryl methyl sites for hydroxylation is 1. The number of aliphatic hydroxyl groups is 1. The second-order valence-corrected chi connectivity index (χ2v) is 1.80. The molecule has 1 rings (SSSR count). The van der Waals surface area contributed by atoms with Gasteiger partial charge in [-0.3, -0.25) is 0 Å². The summed E-state index contributed by atoms with van der Waals surface area (Å²) in [7, 11) is 0. The zero-order chi connectivity index (χ0) is 6.69. The normalized spacial score (nSPS) is 10.0. The number of hydrogen-bond acceptors (Lipinski definition) is 3. The summed E-state index contributed by atoms with van der Waals surface area (Å²) in [6.07, 6.45) is 1.60. The first-order valence-electron chi connectivity index (χ1n) is 2.80. The van der Waals surface area contributed by atoms with Crippen molar-refractivity contribution in [3.05, 3.63) is 12.2 Å². The molecule has 0 atom stereocenters. The van der Waals surface area contributed by atoms with Gasteiger partial charge in [-0.2, -0.15) is 0 Å². The van der Waals surface area contributed by atoms with Gasteiger partial charge in [-0.25, -0.2) is 0 Å². The molecule has 4 nitrogen and oxygen atoms in total. The van der Waals surface area contributed by atoms with Gasteiger partial charge in [0.1, 0.15) is 12.2 Å². The standard InChI is InChI=1S/C5H9N3O/c1-5-7-6-4-8(5)2-3-9/h4,9H,2-3H2,1H3. The molecule has 0 unspecified atom stereocenters. The highest BCUT2D eigenvalue weighted by Gasteiger charge is 1.93. The lowest BCUT2D eigenvalue weighted by molar-refractivity contribution is 0.274. The summed E-state index contributed by atoms with van der Waals surface area (Å²) in [5, 5.41) is 15.9. The van der Waals surface area contributed by atoms with Gasteiger partial charge in [-0.05, 0) is 6.92 Å². The molecule has 0 aliphatic heterocycles. The molecule has 1 aromatic rings. The SMILES string of the molecule is Cc1nncn1CCO. The van der Waals surface area contributed by atoms with Crippen LogP contribution >= 0.6 is 0 Å². The first kappa shape index (κ1) is 6.22. The Bertz CT molecular complexity index is 184. The summed E-state index contributed by atoms with van der Waals surface area (Å²) in [6, 6.07) is 0. The summed E-state index contributed by atoms with van der Waals surface area (Å²) < 4.78 is 1.79. The van der Waals surface area contributed by atoms with E-state index in [9.17, 15) is 0 Å². The van der Waals surface area contributed by atoms with E-state index < -0.39 is 0 Å². The van der Waals surface area contributed by atoms with Crippen molar-refractivity contribution in [1.82, 2.24) is 14.8 Å². The van der Waals surface area contributed by atoms with Crippen molar-refractivity contribution in [2.75, 3.05) is 6.61 Å². The van der Waals surface area contributed by atoms with Gasteiger partial charge in [0, 0.05) is 6.54 Å². The Morgan fingerprint density at radius 2 is 2.56 bits per heavy atom. The van der Waals surface area contributed by atoms with Gasteiger partial charge in [0.2, 0.25) is 0 Å². The van der Waals surface area contributed by atoms with E-state index in [-0.39, 0.29) is 6.61 Å². The quantitative estimate of drug-likeness (QED) is 0.587. The minimum atomic E-state index is 0.138. The van der Waals surface area contributed by atoms with Crippen LogP contribution in [0.4, 0.5) is 0 Å². The van der Waals surface area contributed by atoms with Gasteiger partial charge in [-0.1, -0.05) is 0 Å². The minimum absolute atomic E-state index is 0.138. The molecular weight excluding hydrogens is 118 g/mol. The molecule has 4 heteroatoms. The molecule has 1 heterocycles. The van der Waals surface area contributed by atoms with Crippen LogP contribution in [-0.2, 0) is 6.54 Å². The van der Waals surface area contributed by atoms with Crippen LogP contribution in [0.2, 0.25) is 0 Å². The van der Waals surface area contributed by atoms with E-state index in [1.54, 1.807) is 10.9 Å². The zero-order valence-corrected chi connectivity index (χ0v) is 5.28. The van der Waals surface area contributed by atoms with Crippen LogP contribution in [0.25, 0.3) is 0 Å². The molecule has 0 aromatic carbocycles. The average Bonchev–Trinajstić information content (AvgIpc) is 2.18. The fourth-order valence-corrected chi connectivity index (χ4v) is 0.640. The van der Waals surface area contributed by atoms with Crippen molar-refractivity contribution in [2.45, 2.75) is 13.5 Å². The lowest BCUT2D eigenvalue weighted by atomic mass is 10.6. The number of nitrogens with zero attached hydrogens (tertiary/aromatic N) is 3. The first-order valence-corrected chi connectivity index (χ1v) is 2.80. The van der Waals surface area contributed by atoms with Crippen LogP contribution in [0, 0.1) is 6.92 Å². The third-order valence-electron chi connectivity index (χ3n) is 1.15. The van der Waals surface area contributed by atoms with Crippen LogP contribution < -0.4 is 0 Å². The topological polar surface area (TPSA) is 50.9 Å². The van der Waals surface area contributed by atoms with Crippen molar-refractivity contribution >= 4 is 0 Å². The van der Waals surface area contributed by atoms with E-state index >= 15 is 0 Å². The molecule has 1 N–H and O–H groups in total. The number of hydrogen-bond donors (Lipinski definition) is 1. The fourth-order valence-electron chi connectivity index (χ4n) is 0.640. The second kappa shape index (κ2) is 2.59. The molecule has 0 aliphatic carbocycles. The summed E-state index contributed by atoms with van der Waals surface area (Å²) in [5.41, 5.74) is 0. The second-order valence-electron chi connectivity index (χ2n) is 1.80. The predicted molar refractivity (Wildman–Crippen MR) is 31.8 cm³/mol. The zero-order valence-electron chi connectivity index (χ0n) is 5.28. The summed E-state index contributed by atoms with van der Waals surface area (Å²) in [6.45, 7) is 2.57. The molecule has 0 bridgehead atoms. The smallest absolute Gasteiger partial charge is 0.129 e. The van der Waals surface area contributed by atoms with Gasteiger partial charge in [0.25, 0.3) is 0 Å². The number of aliphatic hydroxyl groups excluding tert-OH is 1. The maximum atomic E-state index is 8.49. The highest BCUT2D eigenvalue weighted by Crippen LogP contribution is 1.89. The van der Waals surface area contributed by atoms with Crippen LogP contribution in [0.15, 0.2) is 6.33 Å². The summed E-state index contributed by atoms with van der Waals surface area (Å²) in [5.74, 6) is 0.837. The number of aromatic nitrogens is 3. The van der Waals surface area contributed by atoms with Gasteiger partial charge in [0.05, 0.1) is 6.61 Å². The largest absolute Gasteiger partial charge is 0.395 e. The lowest BCUT2D eigenvalue weighted by Gasteiger charge is -1.96. The van der Waals surface area contributed by atoms with E-state index in [1.807, 2.05) is 6.92 Å². The Morgan fingerprint density at radius 1 is 1.78 bits per heavy atom. The van der Waals surface area contributed by atoms with Crippen molar-refractivity contribution in [1.29, 1.82) is 0 Å². The number of rotatable bonds is 2. The molecule has 0 spiro atoms. The maximum absolute atomic E-state index is 8.49. The molecular formula is C5H9N3O. The molecule has 9 heavy (non-hydrogen) atoms. The van der Waals surface area contributed by atoms with E-state index in [2.05, 4.69) is 10.2 Å². The Morgan fingerprint density at radius 3 is 3.00 bits per heavy atom. The molecule has 50 valence electrons. The third kappa shape index (κ3) is 1.26. The maximum Gasteiger partial charge on any atom is 0.129 e. The first-order chi connectivity index (χ1) is 4.34. The van der Waals surface area contributed by atoms with E-state index in [4.69, 9.17) is 5.11 Å². The predicted octanol–water partition coefficient (Wildman–Crippen LogP) is -0.421. The Kier molecular flexibility index (Phi) is 1.79. The van der Waals surface area contributed by atoms with Gasteiger partial charge in [0.15, 0.2) is 0 Å². The van der Waals surface area contributed by atoms with Crippen LogP contribution in [-0.4, -0.2) is 26.5 Å². The molecule has 0 saturated carbocycles. The summed E-state index contributed by atoms with van der Waals surface area (Å²) >= 11 is 0. The van der Waals surface area contributed by atoms with Crippen LogP contribution in [0.3, 0.4) is 0 Å². The van der Waals surface area contributed by atoms with E-state index in [1.165, 1.54) is 0 Å². The lowest BCUT2D eigenvalue weighted by Crippen LogP contribution is -2.02. The molecule has 0 amide bonds. The van der Waals surface area contributed by atoms with Crippen LogP contribution in [0.1, 0.15) is 5.82 Å².